The fraction of sp³-hybridized carbons (Fsp3) is 0.412. The van der Waals surface area contributed by atoms with Crippen molar-refractivity contribution in [2.45, 2.75) is 32.5 Å². The molecule has 0 N–H and O–H groups in total. The van der Waals surface area contributed by atoms with Crippen LogP contribution in [0.25, 0.3) is 0 Å². The van der Waals surface area contributed by atoms with E-state index in [9.17, 15) is 9.59 Å². The average Bonchev–Trinajstić information content (AvgIpc) is 2.50. The van der Waals surface area contributed by atoms with Crippen LogP contribution in [-0.2, 0) is 4.74 Å². The molecule has 1 aromatic rings. The molecule has 0 unspecified atom stereocenters. The Kier molecular flexibility index (Phi) is 3.53. The maximum Gasteiger partial charge on any atom is 0.196 e. The van der Waals surface area contributed by atoms with E-state index >= 15 is 0 Å². The van der Waals surface area contributed by atoms with Gasteiger partial charge in [0.1, 0.15) is 11.5 Å². The van der Waals surface area contributed by atoms with Crippen LogP contribution < -0.4 is 9.47 Å². The Morgan fingerprint density at radius 2 is 1.82 bits per heavy atom. The number of rotatable bonds is 2. The van der Waals surface area contributed by atoms with Gasteiger partial charge in [0.05, 0.1) is 32.0 Å². The van der Waals surface area contributed by atoms with Crippen LogP contribution in [0.15, 0.2) is 23.3 Å². The topological polar surface area (TPSA) is 61.8 Å². The van der Waals surface area contributed by atoms with Gasteiger partial charge in [-0.3, -0.25) is 9.59 Å². The highest BCUT2D eigenvalue weighted by Gasteiger charge is 2.40. The van der Waals surface area contributed by atoms with Crippen molar-refractivity contribution in [2.24, 2.45) is 0 Å². The molecule has 0 radical (unpaired) electrons. The first-order valence-electron chi connectivity index (χ1n) is 7.21. The molecule has 1 aliphatic carbocycles. The molecule has 2 aliphatic rings. The highest BCUT2D eigenvalue weighted by atomic mass is 16.5. The summed E-state index contributed by atoms with van der Waals surface area (Å²) in [6.07, 6.45) is -0.0295. The molecule has 0 bridgehead atoms. The van der Waals surface area contributed by atoms with Crippen LogP contribution in [0.1, 0.15) is 41.0 Å². The summed E-state index contributed by atoms with van der Waals surface area (Å²) in [6.45, 7) is 3.71. The Morgan fingerprint density at radius 3 is 2.45 bits per heavy atom. The summed E-state index contributed by atoms with van der Waals surface area (Å²) in [5.41, 5.74) is 1.66. The second-order valence-electron chi connectivity index (χ2n) is 5.60. The third-order valence-electron chi connectivity index (χ3n) is 4.18. The molecule has 0 amide bonds. The van der Waals surface area contributed by atoms with Crippen molar-refractivity contribution < 1.29 is 23.8 Å². The van der Waals surface area contributed by atoms with Crippen LogP contribution >= 0.6 is 0 Å². The lowest BCUT2D eigenvalue weighted by molar-refractivity contribution is 0.0148. The lowest BCUT2D eigenvalue weighted by atomic mass is 9.78. The first kappa shape index (κ1) is 14.8. The zero-order valence-corrected chi connectivity index (χ0v) is 13.1. The number of fused-ring (bicyclic) bond motifs is 1. The fourth-order valence-electron chi connectivity index (χ4n) is 3.22. The monoisotopic (exact) mass is 302 g/mol. The second kappa shape index (κ2) is 5.25. The molecule has 0 fully saturated rings. The van der Waals surface area contributed by atoms with E-state index in [4.69, 9.17) is 14.2 Å². The predicted molar refractivity (Wildman–Crippen MR) is 79.9 cm³/mol. The molecular formula is C17H18O5. The van der Waals surface area contributed by atoms with Crippen LogP contribution in [0.2, 0.25) is 0 Å². The van der Waals surface area contributed by atoms with Crippen LogP contribution in [-0.4, -0.2) is 38.0 Å². The van der Waals surface area contributed by atoms with Crippen LogP contribution in [0.5, 0.6) is 11.5 Å². The van der Waals surface area contributed by atoms with Gasteiger partial charge in [-0.1, -0.05) is 0 Å². The van der Waals surface area contributed by atoms with Crippen molar-refractivity contribution in [3.63, 3.8) is 0 Å². The fourth-order valence-corrected chi connectivity index (χ4v) is 3.22. The molecule has 116 valence electrons. The van der Waals surface area contributed by atoms with Crippen molar-refractivity contribution in [1.82, 2.24) is 0 Å². The number of ketones is 2. The van der Waals surface area contributed by atoms with Gasteiger partial charge in [0.2, 0.25) is 0 Å². The Labute approximate surface area is 128 Å². The van der Waals surface area contributed by atoms with Gasteiger partial charge in [-0.25, -0.2) is 0 Å². The van der Waals surface area contributed by atoms with E-state index in [0.717, 1.165) is 0 Å². The van der Waals surface area contributed by atoms with Crippen LogP contribution in [0, 0.1) is 0 Å². The lowest BCUT2D eigenvalue weighted by Gasteiger charge is -2.33. The number of methoxy groups -OCH3 is 2. The molecule has 0 saturated carbocycles. The van der Waals surface area contributed by atoms with Crippen molar-refractivity contribution in [1.29, 1.82) is 0 Å². The highest BCUT2D eigenvalue weighted by molar-refractivity contribution is 6.28. The number of benzene rings is 1. The van der Waals surface area contributed by atoms with Gasteiger partial charge in [0.25, 0.3) is 0 Å². The number of hydrogen-bond acceptors (Lipinski definition) is 5. The molecule has 3 rings (SSSR count). The number of Topliss-reactive ketones (excluding diaryl/α,β-unsaturated/α-hetero) is 2. The number of carbonyl (C=O) groups is 2. The summed E-state index contributed by atoms with van der Waals surface area (Å²) in [5, 5.41) is 0. The third-order valence-corrected chi connectivity index (χ3v) is 4.18. The minimum Gasteiger partial charge on any atom is -0.497 e. The average molecular weight is 302 g/mol. The van der Waals surface area contributed by atoms with Crippen molar-refractivity contribution in [2.75, 3.05) is 14.2 Å². The zero-order chi connectivity index (χ0) is 16.0. The number of ether oxygens (including phenoxy) is 3. The largest absolute Gasteiger partial charge is 0.497 e. The minimum absolute atomic E-state index is 0.0837. The lowest BCUT2D eigenvalue weighted by Crippen LogP contribution is -2.36. The van der Waals surface area contributed by atoms with Gasteiger partial charge in [-0.15, -0.1) is 0 Å². The molecule has 22 heavy (non-hydrogen) atoms. The Hall–Kier alpha value is -2.14. The van der Waals surface area contributed by atoms with Gasteiger partial charge < -0.3 is 14.2 Å². The predicted octanol–water partition coefficient (Wildman–Crippen LogP) is 2.58. The molecule has 5 heteroatoms. The number of hydrogen-bond donors (Lipinski definition) is 0. The molecule has 2 atom stereocenters. The quantitative estimate of drug-likeness (QED) is 0.840. The van der Waals surface area contributed by atoms with E-state index in [1.54, 1.807) is 19.1 Å². The van der Waals surface area contributed by atoms with Gasteiger partial charge >= 0.3 is 0 Å². The maximum atomic E-state index is 12.9. The molecule has 0 aromatic heterocycles. The summed E-state index contributed by atoms with van der Waals surface area (Å²) in [7, 11) is 2.99. The van der Waals surface area contributed by atoms with E-state index in [1.807, 2.05) is 6.92 Å². The first-order valence-corrected chi connectivity index (χ1v) is 7.21. The van der Waals surface area contributed by atoms with Crippen molar-refractivity contribution in [3.8, 4) is 11.5 Å². The normalized spacial score (nSPS) is 24.0. The highest BCUT2D eigenvalue weighted by Crippen LogP contribution is 2.40. The standard InChI is InChI=1S/C17H18O5/c1-8-5-11-14(9(2)22-8)17(19)15-12(16(11)18)6-10(20-3)7-13(15)21-4/h6-9H,5H2,1-4H3/t8-,9-/m0/s1. The molecule has 5 nitrogen and oxygen atoms in total. The summed E-state index contributed by atoms with van der Waals surface area (Å²) in [5.74, 6) is 0.520. The molecule has 1 aliphatic heterocycles. The Morgan fingerprint density at radius 1 is 1.09 bits per heavy atom. The van der Waals surface area contributed by atoms with E-state index in [0.29, 0.717) is 40.2 Å². The molecule has 1 aromatic carbocycles. The number of carbonyl (C=O) groups excluding carboxylic acids is 2. The van der Waals surface area contributed by atoms with Gasteiger partial charge in [0.15, 0.2) is 11.6 Å². The SMILES string of the molecule is COc1cc(OC)c2c(c1)C(=O)C1=C(C2=O)[C@H](C)O[C@@H](C)C1. The summed E-state index contributed by atoms with van der Waals surface area (Å²) < 4.78 is 16.2. The van der Waals surface area contributed by atoms with Crippen molar-refractivity contribution >= 4 is 11.6 Å². The summed E-state index contributed by atoms with van der Waals surface area (Å²) in [4.78, 5) is 25.7. The summed E-state index contributed by atoms with van der Waals surface area (Å²) in [6, 6.07) is 3.22. The van der Waals surface area contributed by atoms with E-state index < -0.39 is 6.10 Å². The molecule has 1 heterocycles. The maximum absolute atomic E-state index is 12.9. The zero-order valence-electron chi connectivity index (χ0n) is 13.1. The second-order valence-corrected chi connectivity index (χ2v) is 5.60. The Balaban J connectivity index is 2.24. The first-order chi connectivity index (χ1) is 10.5. The summed E-state index contributed by atoms with van der Waals surface area (Å²) >= 11 is 0. The third kappa shape index (κ3) is 2.04. The van der Waals surface area contributed by atoms with Gasteiger partial charge in [0, 0.05) is 29.2 Å². The smallest absolute Gasteiger partial charge is 0.196 e. The minimum atomic E-state index is -0.393. The van der Waals surface area contributed by atoms with Crippen molar-refractivity contribution in [3.05, 3.63) is 34.4 Å². The van der Waals surface area contributed by atoms with Crippen LogP contribution in [0.3, 0.4) is 0 Å². The molecule has 0 saturated heterocycles. The molecule has 0 spiro atoms. The van der Waals surface area contributed by atoms with E-state index in [-0.39, 0.29) is 17.7 Å². The van der Waals surface area contributed by atoms with E-state index in [1.165, 1.54) is 14.2 Å². The van der Waals surface area contributed by atoms with Gasteiger partial charge in [-0.2, -0.15) is 0 Å². The molecular weight excluding hydrogens is 284 g/mol. The Bertz CT molecular complexity index is 701. The van der Waals surface area contributed by atoms with Crippen LogP contribution in [0.4, 0.5) is 0 Å². The van der Waals surface area contributed by atoms with E-state index in [2.05, 4.69) is 0 Å². The van der Waals surface area contributed by atoms with Gasteiger partial charge in [-0.05, 0) is 19.9 Å².